The van der Waals surface area contributed by atoms with Gasteiger partial charge in [-0.15, -0.1) is 0 Å². The number of fused-ring (bicyclic) bond motifs is 1. The topological polar surface area (TPSA) is 30.5 Å². The van der Waals surface area contributed by atoms with Gasteiger partial charge in [-0.1, -0.05) is 48.5 Å². The molecule has 3 nitrogen and oxygen atoms in total. The summed E-state index contributed by atoms with van der Waals surface area (Å²) in [5.41, 5.74) is 1.63. The molecule has 0 atom stereocenters. The Labute approximate surface area is 145 Å². The number of likely N-dealkylation sites (N-methyl/N-ethyl adjacent to an activating group) is 1. The van der Waals surface area contributed by atoms with Crippen LogP contribution >= 0.6 is 0 Å². The molecule has 3 rings (SSSR count). The van der Waals surface area contributed by atoms with Crippen LogP contribution in [-0.4, -0.2) is 31.9 Å². The molecule has 0 unspecified atom stereocenters. The van der Waals surface area contributed by atoms with Gasteiger partial charge >= 0.3 is 7.12 Å². The largest absolute Gasteiger partial charge is 0.491 e. The van der Waals surface area contributed by atoms with Crippen molar-refractivity contribution in [1.82, 2.24) is 5.32 Å². The van der Waals surface area contributed by atoms with Crippen molar-refractivity contribution in [2.24, 2.45) is 0 Å². The van der Waals surface area contributed by atoms with E-state index in [2.05, 4.69) is 81.6 Å². The summed E-state index contributed by atoms with van der Waals surface area (Å²) in [6.45, 7) is 9.06. The fraction of sp³-hybridized carbons (Fsp3) is 0.400. The molecule has 0 aliphatic carbocycles. The van der Waals surface area contributed by atoms with Gasteiger partial charge in [0.15, 0.2) is 0 Å². The Balaban J connectivity index is 2.01. The number of hydrogen-bond acceptors (Lipinski definition) is 3. The van der Waals surface area contributed by atoms with Crippen molar-refractivity contribution in [3.63, 3.8) is 0 Å². The Morgan fingerprint density at radius 3 is 2.29 bits per heavy atom. The highest BCUT2D eigenvalue weighted by atomic mass is 16.7. The number of rotatable bonds is 4. The Hall–Kier alpha value is -1.62. The van der Waals surface area contributed by atoms with Crippen LogP contribution in [0.15, 0.2) is 47.9 Å². The molecule has 1 heterocycles. The van der Waals surface area contributed by atoms with Gasteiger partial charge in [0.1, 0.15) is 0 Å². The van der Waals surface area contributed by atoms with Crippen LogP contribution in [-0.2, 0) is 9.31 Å². The molecule has 1 fully saturated rings. The third kappa shape index (κ3) is 3.14. The summed E-state index contributed by atoms with van der Waals surface area (Å²) in [5, 5.41) is 5.72. The van der Waals surface area contributed by atoms with E-state index in [0.29, 0.717) is 0 Å². The summed E-state index contributed by atoms with van der Waals surface area (Å²) in [6, 6.07) is 14.8. The second kappa shape index (κ2) is 6.36. The van der Waals surface area contributed by atoms with Gasteiger partial charge in [-0.05, 0) is 56.6 Å². The first-order valence-electron chi connectivity index (χ1n) is 8.52. The van der Waals surface area contributed by atoms with E-state index in [1.807, 2.05) is 7.05 Å². The third-order valence-corrected chi connectivity index (χ3v) is 5.10. The molecule has 1 saturated heterocycles. The minimum Gasteiger partial charge on any atom is -0.400 e. The maximum Gasteiger partial charge on any atom is 0.491 e. The highest BCUT2D eigenvalue weighted by Crippen LogP contribution is 2.39. The second-order valence-electron chi connectivity index (χ2n) is 7.41. The summed E-state index contributed by atoms with van der Waals surface area (Å²) < 4.78 is 12.5. The van der Waals surface area contributed by atoms with Gasteiger partial charge in [-0.2, -0.15) is 0 Å². The Morgan fingerprint density at radius 1 is 1.00 bits per heavy atom. The molecule has 1 aliphatic heterocycles. The predicted molar refractivity (Wildman–Crippen MR) is 102 cm³/mol. The lowest BCUT2D eigenvalue weighted by atomic mass is 9.76. The lowest BCUT2D eigenvalue weighted by Crippen LogP contribution is -2.41. The maximum absolute atomic E-state index is 6.23. The van der Waals surface area contributed by atoms with Crippen molar-refractivity contribution in [1.29, 1.82) is 0 Å². The Kier molecular flexibility index (Phi) is 4.56. The number of benzene rings is 2. The van der Waals surface area contributed by atoms with Crippen molar-refractivity contribution in [2.75, 3.05) is 13.6 Å². The molecular weight excluding hydrogens is 297 g/mol. The summed E-state index contributed by atoms with van der Waals surface area (Å²) in [6.07, 6.45) is 2.20. The fourth-order valence-electron chi connectivity index (χ4n) is 2.98. The molecule has 2 aromatic rings. The molecule has 1 aliphatic rings. The number of hydrogen-bond donors (Lipinski definition) is 1. The molecule has 0 saturated carbocycles. The second-order valence-corrected chi connectivity index (χ2v) is 7.41. The monoisotopic (exact) mass is 323 g/mol. The van der Waals surface area contributed by atoms with Crippen molar-refractivity contribution >= 4 is 24.0 Å². The first-order chi connectivity index (χ1) is 11.3. The van der Waals surface area contributed by atoms with E-state index in [4.69, 9.17) is 9.31 Å². The fourth-order valence-corrected chi connectivity index (χ4v) is 2.98. The van der Waals surface area contributed by atoms with Gasteiger partial charge in [0.05, 0.1) is 11.2 Å². The van der Waals surface area contributed by atoms with Crippen LogP contribution < -0.4 is 5.32 Å². The van der Waals surface area contributed by atoms with Crippen LogP contribution in [0.4, 0.5) is 0 Å². The average Bonchev–Trinajstić information content (AvgIpc) is 2.75. The van der Waals surface area contributed by atoms with Crippen molar-refractivity contribution in [3.05, 3.63) is 53.5 Å². The van der Waals surface area contributed by atoms with E-state index in [1.165, 1.54) is 16.3 Å². The summed E-state index contributed by atoms with van der Waals surface area (Å²) in [7, 11) is 1.61. The first-order valence-corrected chi connectivity index (χ1v) is 8.52. The van der Waals surface area contributed by atoms with Gasteiger partial charge in [0, 0.05) is 6.54 Å². The Morgan fingerprint density at radius 2 is 1.62 bits per heavy atom. The molecule has 0 amide bonds. The molecule has 0 bridgehead atoms. The highest BCUT2D eigenvalue weighted by molar-refractivity contribution is 6.56. The van der Waals surface area contributed by atoms with Gasteiger partial charge in [0.25, 0.3) is 0 Å². The normalized spacial score (nSPS) is 19.9. The van der Waals surface area contributed by atoms with Gasteiger partial charge in [-0.25, -0.2) is 0 Å². The first kappa shape index (κ1) is 17.2. The van der Waals surface area contributed by atoms with Crippen LogP contribution in [0.2, 0.25) is 0 Å². The zero-order valence-electron chi connectivity index (χ0n) is 15.2. The number of nitrogens with one attached hydrogen (secondary N) is 1. The van der Waals surface area contributed by atoms with Crippen molar-refractivity contribution < 1.29 is 9.31 Å². The van der Waals surface area contributed by atoms with Gasteiger partial charge in [0.2, 0.25) is 0 Å². The maximum atomic E-state index is 6.23. The molecule has 0 aromatic heterocycles. The molecule has 0 radical (unpaired) electrons. The molecule has 126 valence electrons. The average molecular weight is 323 g/mol. The van der Waals surface area contributed by atoms with E-state index >= 15 is 0 Å². The molecule has 0 spiro atoms. The van der Waals surface area contributed by atoms with Crippen molar-refractivity contribution in [2.45, 2.75) is 38.9 Å². The minimum absolute atomic E-state index is 0.330. The van der Waals surface area contributed by atoms with E-state index in [1.54, 1.807) is 0 Å². The molecule has 2 aromatic carbocycles. The van der Waals surface area contributed by atoms with Crippen LogP contribution in [0.1, 0.15) is 33.3 Å². The summed E-state index contributed by atoms with van der Waals surface area (Å²) >= 11 is 0. The quantitative estimate of drug-likeness (QED) is 0.860. The lowest BCUT2D eigenvalue weighted by Gasteiger charge is -2.32. The standard InChI is InChI=1S/C20H26BNO2/c1-19(2)20(3,4)24-21(23-19)17(14-22-5)13-16-11-8-10-15-9-6-7-12-18(15)16/h6-13,22H,14H2,1-5H3. The molecular formula is C20H26BNO2. The summed E-state index contributed by atoms with van der Waals surface area (Å²) in [5.74, 6) is 0. The molecule has 24 heavy (non-hydrogen) atoms. The van der Waals surface area contributed by atoms with E-state index < -0.39 is 0 Å². The van der Waals surface area contributed by atoms with Crippen LogP contribution in [0, 0.1) is 0 Å². The van der Waals surface area contributed by atoms with Crippen molar-refractivity contribution in [3.8, 4) is 0 Å². The van der Waals surface area contributed by atoms with Gasteiger partial charge < -0.3 is 14.6 Å². The van der Waals surface area contributed by atoms with E-state index in [9.17, 15) is 0 Å². The molecule has 1 N–H and O–H groups in total. The predicted octanol–water partition coefficient (Wildman–Crippen LogP) is 4.07. The lowest BCUT2D eigenvalue weighted by molar-refractivity contribution is 0.00578. The Bertz CT molecular complexity index is 746. The highest BCUT2D eigenvalue weighted by Gasteiger charge is 2.52. The molecule has 4 heteroatoms. The smallest absolute Gasteiger partial charge is 0.400 e. The zero-order valence-corrected chi connectivity index (χ0v) is 15.2. The minimum atomic E-state index is -0.332. The van der Waals surface area contributed by atoms with E-state index in [-0.39, 0.29) is 18.3 Å². The zero-order chi connectivity index (χ0) is 17.4. The van der Waals surface area contributed by atoms with Crippen LogP contribution in [0.3, 0.4) is 0 Å². The van der Waals surface area contributed by atoms with E-state index in [0.717, 1.165) is 12.0 Å². The summed E-state index contributed by atoms with van der Waals surface area (Å²) in [4.78, 5) is 0. The SMILES string of the molecule is CNCC(=Cc1cccc2ccccc12)B1OC(C)(C)C(C)(C)O1. The van der Waals surface area contributed by atoms with Crippen LogP contribution in [0.5, 0.6) is 0 Å². The van der Waals surface area contributed by atoms with Crippen LogP contribution in [0.25, 0.3) is 16.8 Å². The van der Waals surface area contributed by atoms with Gasteiger partial charge in [-0.3, -0.25) is 0 Å². The third-order valence-electron chi connectivity index (χ3n) is 5.10.